The van der Waals surface area contributed by atoms with E-state index < -0.39 is 41.3 Å². The van der Waals surface area contributed by atoms with Crippen molar-refractivity contribution in [1.29, 1.82) is 0 Å². The van der Waals surface area contributed by atoms with Gasteiger partial charge >= 0.3 is 17.9 Å². The highest BCUT2D eigenvalue weighted by atomic mass is 16.4. The topological polar surface area (TPSA) is 139 Å². The van der Waals surface area contributed by atoms with Gasteiger partial charge in [-0.25, -0.2) is 0 Å². The van der Waals surface area contributed by atoms with Crippen LogP contribution in [0.3, 0.4) is 0 Å². The fourth-order valence-corrected chi connectivity index (χ4v) is 3.39. The molecule has 1 saturated heterocycles. The average Bonchev–Trinajstić information content (AvgIpc) is 2.62. The summed E-state index contributed by atoms with van der Waals surface area (Å²) in [7, 11) is 0. The lowest BCUT2D eigenvalue weighted by atomic mass is 9.72. The van der Waals surface area contributed by atoms with Crippen LogP contribution < -0.4 is 10.6 Å². The Morgan fingerprint density at radius 3 is 1.83 bits per heavy atom. The zero-order chi connectivity index (χ0) is 18.5. The lowest BCUT2D eigenvalue weighted by molar-refractivity contribution is -0.165. The molecule has 138 valence electrons. The number of nitrogens with zero attached hydrogens (tertiary/aromatic N) is 1. The molecule has 9 heteroatoms. The fraction of sp³-hybridized carbons (Fsp3) is 0.800. The molecule has 5 N–H and O–H groups in total. The van der Waals surface area contributed by atoms with Gasteiger partial charge in [0.1, 0.15) is 6.04 Å². The molecule has 1 aliphatic heterocycles. The molecule has 0 aromatic carbocycles. The fourth-order valence-electron chi connectivity index (χ4n) is 3.39. The molecule has 3 unspecified atom stereocenters. The van der Waals surface area contributed by atoms with Gasteiger partial charge in [0.15, 0.2) is 0 Å². The normalized spacial score (nSPS) is 27.1. The third-order valence-corrected chi connectivity index (χ3v) is 5.02. The molecule has 1 fully saturated rings. The SMILES string of the molecule is CC(C(=O)O)N1CCNCCNCC1(C(C)C(=O)O)C(C)C(=O)O. The minimum Gasteiger partial charge on any atom is -0.481 e. The first-order valence-electron chi connectivity index (χ1n) is 8.02. The molecule has 1 rings (SSSR count). The van der Waals surface area contributed by atoms with Crippen LogP contribution in [0.5, 0.6) is 0 Å². The maximum atomic E-state index is 11.7. The van der Waals surface area contributed by atoms with E-state index in [9.17, 15) is 29.7 Å². The molecule has 9 nitrogen and oxygen atoms in total. The maximum absolute atomic E-state index is 11.7. The van der Waals surface area contributed by atoms with E-state index in [0.29, 0.717) is 19.6 Å². The standard InChI is InChI=1S/C15H27N3O6/c1-9(12(19)20)15(10(2)13(21)22)8-17-5-4-16-6-7-18(15)11(3)14(23)24/h9-11,16-17H,4-8H2,1-3H3,(H,19,20)(H,21,22)(H,23,24). The first kappa shape index (κ1) is 20.3. The van der Waals surface area contributed by atoms with Gasteiger partial charge in [-0.15, -0.1) is 0 Å². The number of nitrogens with one attached hydrogen (secondary N) is 2. The first-order chi connectivity index (χ1) is 11.2. The molecular formula is C15H27N3O6. The van der Waals surface area contributed by atoms with Crippen molar-refractivity contribution in [3.05, 3.63) is 0 Å². The summed E-state index contributed by atoms with van der Waals surface area (Å²) in [4.78, 5) is 36.6. The van der Waals surface area contributed by atoms with Gasteiger partial charge in [-0.1, -0.05) is 13.8 Å². The first-order valence-corrected chi connectivity index (χ1v) is 8.02. The predicted molar refractivity (Wildman–Crippen MR) is 85.9 cm³/mol. The van der Waals surface area contributed by atoms with Crippen LogP contribution in [0, 0.1) is 11.8 Å². The Morgan fingerprint density at radius 2 is 1.38 bits per heavy atom. The van der Waals surface area contributed by atoms with Gasteiger partial charge in [0.25, 0.3) is 0 Å². The molecule has 0 radical (unpaired) electrons. The van der Waals surface area contributed by atoms with Crippen LogP contribution in [0.25, 0.3) is 0 Å². The lowest BCUT2D eigenvalue weighted by Gasteiger charge is -2.50. The van der Waals surface area contributed by atoms with Gasteiger partial charge in [0.05, 0.1) is 17.4 Å². The van der Waals surface area contributed by atoms with Crippen LogP contribution >= 0.6 is 0 Å². The van der Waals surface area contributed by atoms with Gasteiger partial charge < -0.3 is 26.0 Å². The van der Waals surface area contributed by atoms with E-state index >= 15 is 0 Å². The van der Waals surface area contributed by atoms with E-state index in [-0.39, 0.29) is 13.1 Å². The van der Waals surface area contributed by atoms with E-state index in [4.69, 9.17) is 0 Å². The number of hydrogen-bond acceptors (Lipinski definition) is 6. The summed E-state index contributed by atoms with van der Waals surface area (Å²) in [5.41, 5.74) is -1.37. The van der Waals surface area contributed by atoms with Crippen LogP contribution in [0.2, 0.25) is 0 Å². The summed E-state index contributed by atoms with van der Waals surface area (Å²) < 4.78 is 0. The van der Waals surface area contributed by atoms with Crippen molar-refractivity contribution in [2.45, 2.75) is 32.4 Å². The number of aliphatic carboxylic acids is 3. The average molecular weight is 345 g/mol. The second kappa shape index (κ2) is 8.41. The minimum absolute atomic E-state index is 0.0766. The van der Waals surface area contributed by atoms with E-state index in [0.717, 1.165) is 0 Å². The number of rotatable bonds is 6. The molecule has 0 saturated carbocycles. The number of carboxylic acids is 3. The molecule has 0 spiro atoms. The Hall–Kier alpha value is -1.71. The van der Waals surface area contributed by atoms with E-state index in [1.165, 1.54) is 25.7 Å². The number of carboxylic acid groups (broad SMARTS) is 3. The summed E-state index contributed by atoms with van der Waals surface area (Å²) >= 11 is 0. The smallest absolute Gasteiger partial charge is 0.320 e. The summed E-state index contributed by atoms with van der Waals surface area (Å²) in [5.74, 6) is -5.57. The van der Waals surface area contributed by atoms with Crippen molar-refractivity contribution in [2.24, 2.45) is 11.8 Å². The van der Waals surface area contributed by atoms with Crippen molar-refractivity contribution < 1.29 is 29.7 Å². The molecule has 3 atom stereocenters. The number of hydrogen-bond donors (Lipinski definition) is 5. The summed E-state index contributed by atoms with van der Waals surface area (Å²) in [6, 6.07) is -1.02. The van der Waals surface area contributed by atoms with E-state index in [1.54, 1.807) is 0 Å². The van der Waals surface area contributed by atoms with E-state index in [2.05, 4.69) is 10.6 Å². The minimum atomic E-state index is -1.37. The predicted octanol–water partition coefficient (Wildman–Crippen LogP) is -0.865. The largest absolute Gasteiger partial charge is 0.481 e. The van der Waals surface area contributed by atoms with Gasteiger partial charge in [-0.05, 0) is 6.92 Å². The van der Waals surface area contributed by atoms with Gasteiger partial charge in [0, 0.05) is 32.7 Å². The van der Waals surface area contributed by atoms with Crippen molar-refractivity contribution >= 4 is 17.9 Å². The van der Waals surface area contributed by atoms with Crippen molar-refractivity contribution in [3.63, 3.8) is 0 Å². The second-order valence-corrected chi connectivity index (χ2v) is 6.25. The van der Waals surface area contributed by atoms with Crippen molar-refractivity contribution in [2.75, 3.05) is 32.7 Å². The third kappa shape index (κ3) is 4.03. The van der Waals surface area contributed by atoms with Crippen molar-refractivity contribution in [3.8, 4) is 0 Å². The number of carbonyl (C=O) groups is 3. The summed E-state index contributed by atoms with van der Waals surface area (Å²) in [6.45, 7) is 6.27. The van der Waals surface area contributed by atoms with Crippen LogP contribution in [0.1, 0.15) is 20.8 Å². The third-order valence-electron chi connectivity index (χ3n) is 5.02. The van der Waals surface area contributed by atoms with Crippen LogP contribution in [-0.4, -0.2) is 82.4 Å². The highest BCUT2D eigenvalue weighted by Gasteiger charge is 2.53. The van der Waals surface area contributed by atoms with Gasteiger partial charge in [0.2, 0.25) is 0 Å². The molecule has 24 heavy (non-hydrogen) atoms. The Balaban J connectivity index is 3.51. The van der Waals surface area contributed by atoms with Gasteiger partial charge in [-0.3, -0.25) is 19.3 Å². The van der Waals surface area contributed by atoms with E-state index in [1.807, 2.05) is 0 Å². The molecule has 0 bridgehead atoms. The monoisotopic (exact) mass is 345 g/mol. The van der Waals surface area contributed by atoms with Crippen LogP contribution in [-0.2, 0) is 14.4 Å². The Morgan fingerprint density at radius 1 is 0.875 bits per heavy atom. The Labute approximate surface area is 141 Å². The molecular weight excluding hydrogens is 318 g/mol. The molecule has 0 aliphatic carbocycles. The van der Waals surface area contributed by atoms with Crippen LogP contribution in [0.4, 0.5) is 0 Å². The quantitative estimate of drug-likeness (QED) is 0.416. The lowest BCUT2D eigenvalue weighted by Crippen LogP contribution is -2.69. The second-order valence-electron chi connectivity index (χ2n) is 6.25. The molecule has 1 aliphatic rings. The Bertz CT molecular complexity index is 464. The molecule has 1 heterocycles. The highest BCUT2D eigenvalue weighted by molar-refractivity contribution is 5.78. The molecule has 0 aromatic rings. The van der Waals surface area contributed by atoms with Crippen molar-refractivity contribution in [1.82, 2.24) is 15.5 Å². The van der Waals surface area contributed by atoms with Gasteiger partial charge in [-0.2, -0.15) is 0 Å². The summed E-state index contributed by atoms with van der Waals surface area (Å²) in [6.07, 6.45) is 0. The zero-order valence-corrected chi connectivity index (χ0v) is 14.3. The summed E-state index contributed by atoms with van der Waals surface area (Å²) in [5, 5.41) is 34.9. The van der Waals surface area contributed by atoms with Crippen LogP contribution in [0.15, 0.2) is 0 Å². The maximum Gasteiger partial charge on any atom is 0.320 e. The molecule has 0 amide bonds. The zero-order valence-electron chi connectivity index (χ0n) is 14.3. The Kier molecular flexibility index (Phi) is 7.12. The molecule has 0 aromatic heterocycles. The highest BCUT2D eigenvalue weighted by Crippen LogP contribution is 2.35.